The summed E-state index contributed by atoms with van der Waals surface area (Å²) >= 11 is 6.01. The molecular formula is C15H20ClN3O. The first-order chi connectivity index (χ1) is 9.72. The summed E-state index contributed by atoms with van der Waals surface area (Å²) in [6, 6.07) is 8.00. The van der Waals surface area contributed by atoms with Crippen molar-refractivity contribution in [2.75, 3.05) is 39.3 Å². The van der Waals surface area contributed by atoms with Crippen molar-refractivity contribution in [2.45, 2.75) is 6.54 Å². The fourth-order valence-corrected chi connectivity index (χ4v) is 2.95. The van der Waals surface area contributed by atoms with E-state index in [2.05, 4.69) is 16.3 Å². The number of carbonyl (C=O) groups is 1. The SMILES string of the molecule is O=C(C1CNC1)N1CCN(Cc2cccc(Cl)c2)CC1. The van der Waals surface area contributed by atoms with Gasteiger partial charge in [-0.05, 0) is 17.7 Å². The number of nitrogens with zero attached hydrogens (tertiary/aromatic N) is 2. The molecular weight excluding hydrogens is 274 g/mol. The fraction of sp³-hybridized carbons (Fsp3) is 0.533. The molecule has 2 fully saturated rings. The van der Waals surface area contributed by atoms with Crippen molar-refractivity contribution >= 4 is 17.5 Å². The summed E-state index contributed by atoms with van der Waals surface area (Å²) in [5.74, 6) is 0.542. The first-order valence-electron chi connectivity index (χ1n) is 7.19. The topological polar surface area (TPSA) is 35.6 Å². The van der Waals surface area contributed by atoms with Gasteiger partial charge >= 0.3 is 0 Å². The number of hydrogen-bond acceptors (Lipinski definition) is 3. The number of rotatable bonds is 3. The number of halogens is 1. The van der Waals surface area contributed by atoms with Crippen LogP contribution in [0.5, 0.6) is 0 Å². The van der Waals surface area contributed by atoms with Gasteiger partial charge in [0.05, 0.1) is 5.92 Å². The maximum atomic E-state index is 12.1. The molecule has 1 aromatic rings. The lowest BCUT2D eigenvalue weighted by atomic mass is 10.0. The van der Waals surface area contributed by atoms with Crippen molar-refractivity contribution in [3.05, 3.63) is 34.9 Å². The quantitative estimate of drug-likeness (QED) is 0.910. The van der Waals surface area contributed by atoms with E-state index >= 15 is 0 Å². The predicted octanol–water partition coefficient (Wildman–Crippen LogP) is 1.20. The highest BCUT2D eigenvalue weighted by atomic mass is 35.5. The van der Waals surface area contributed by atoms with Crippen LogP contribution in [0.25, 0.3) is 0 Å². The third kappa shape index (κ3) is 3.14. The van der Waals surface area contributed by atoms with Crippen LogP contribution in [0.1, 0.15) is 5.56 Å². The lowest BCUT2D eigenvalue weighted by molar-refractivity contribution is -0.138. The van der Waals surface area contributed by atoms with E-state index in [-0.39, 0.29) is 5.92 Å². The molecule has 0 spiro atoms. The Balaban J connectivity index is 1.49. The third-order valence-corrected chi connectivity index (χ3v) is 4.34. The van der Waals surface area contributed by atoms with Gasteiger partial charge < -0.3 is 10.2 Å². The number of amides is 1. The van der Waals surface area contributed by atoms with Crippen molar-refractivity contribution in [3.63, 3.8) is 0 Å². The van der Waals surface area contributed by atoms with Crippen molar-refractivity contribution in [1.82, 2.24) is 15.1 Å². The molecule has 108 valence electrons. The Morgan fingerprint density at radius 2 is 2.00 bits per heavy atom. The van der Waals surface area contributed by atoms with Crippen molar-refractivity contribution < 1.29 is 4.79 Å². The second kappa shape index (κ2) is 6.12. The second-order valence-corrected chi connectivity index (χ2v) is 6.02. The van der Waals surface area contributed by atoms with E-state index in [0.717, 1.165) is 50.8 Å². The van der Waals surface area contributed by atoms with Crippen LogP contribution >= 0.6 is 11.6 Å². The van der Waals surface area contributed by atoms with Gasteiger partial charge in [0, 0.05) is 50.8 Å². The molecule has 5 heteroatoms. The molecule has 0 radical (unpaired) electrons. The Morgan fingerprint density at radius 1 is 1.25 bits per heavy atom. The van der Waals surface area contributed by atoms with Crippen LogP contribution in [0.3, 0.4) is 0 Å². The molecule has 2 saturated heterocycles. The summed E-state index contributed by atoms with van der Waals surface area (Å²) in [4.78, 5) is 16.5. The first-order valence-corrected chi connectivity index (χ1v) is 7.56. The third-order valence-electron chi connectivity index (χ3n) is 4.11. The van der Waals surface area contributed by atoms with E-state index in [1.54, 1.807) is 0 Å². The lowest BCUT2D eigenvalue weighted by Gasteiger charge is -2.38. The van der Waals surface area contributed by atoms with E-state index in [1.165, 1.54) is 5.56 Å². The fourth-order valence-electron chi connectivity index (χ4n) is 2.74. The van der Waals surface area contributed by atoms with E-state index in [9.17, 15) is 4.79 Å². The van der Waals surface area contributed by atoms with Gasteiger partial charge in [-0.1, -0.05) is 23.7 Å². The van der Waals surface area contributed by atoms with Gasteiger partial charge in [-0.2, -0.15) is 0 Å². The maximum Gasteiger partial charge on any atom is 0.228 e. The molecule has 4 nitrogen and oxygen atoms in total. The Morgan fingerprint density at radius 3 is 2.60 bits per heavy atom. The molecule has 2 aliphatic rings. The number of carbonyl (C=O) groups excluding carboxylic acids is 1. The maximum absolute atomic E-state index is 12.1. The van der Waals surface area contributed by atoms with Crippen molar-refractivity contribution in [1.29, 1.82) is 0 Å². The summed E-state index contributed by atoms with van der Waals surface area (Å²) in [7, 11) is 0. The van der Waals surface area contributed by atoms with Crippen LogP contribution in [0, 0.1) is 5.92 Å². The predicted molar refractivity (Wildman–Crippen MR) is 79.7 cm³/mol. The highest BCUT2D eigenvalue weighted by molar-refractivity contribution is 6.30. The highest BCUT2D eigenvalue weighted by Crippen LogP contribution is 2.15. The number of piperazine rings is 1. The average molecular weight is 294 g/mol. The van der Waals surface area contributed by atoms with E-state index in [1.807, 2.05) is 23.1 Å². The van der Waals surface area contributed by atoms with Gasteiger partial charge in [0.1, 0.15) is 0 Å². The van der Waals surface area contributed by atoms with Gasteiger partial charge in [0.2, 0.25) is 5.91 Å². The van der Waals surface area contributed by atoms with Crippen LogP contribution in [0.2, 0.25) is 5.02 Å². The van der Waals surface area contributed by atoms with Gasteiger partial charge in [-0.3, -0.25) is 9.69 Å². The van der Waals surface area contributed by atoms with Crippen LogP contribution in [0.15, 0.2) is 24.3 Å². The van der Waals surface area contributed by atoms with E-state index < -0.39 is 0 Å². The molecule has 1 amide bonds. The minimum atomic E-state index is 0.217. The molecule has 20 heavy (non-hydrogen) atoms. The second-order valence-electron chi connectivity index (χ2n) is 5.59. The molecule has 2 aliphatic heterocycles. The van der Waals surface area contributed by atoms with Gasteiger partial charge in [-0.25, -0.2) is 0 Å². The number of hydrogen-bond donors (Lipinski definition) is 1. The molecule has 0 atom stereocenters. The number of nitrogens with one attached hydrogen (secondary N) is 1. The lowest BCUT2D eigenvalue weighted by Crippen LogP contribution is -2.56. The zero-order valence-electron chi connectivity index (χ0n) is 11.5. The zero-order valence-corrected chi connectivity index (χ0v) is 12.3. The van der Waals surface area contributed by atoms with Crippen LogP contribution in [-0.4, -0.2) is 55.0 Å². The Labute approximate surface area is 124 Å². The zero-order chi connectivity index (χ0) is 13.9. The molecule has 1 aromatic carbocycles. The summed E-state index contributed by atoms with van der Waals surface area (Å²) in [5, 5.41) is 3.94. The monoisotopic (exact) mass is 293 g/mol. The smallest absolute Gasteiger partial charge is 0.228 e. The molecule has 0 bridgehead atoms. The molecule has 1 N–H and O–H groups in total. The summed E-state index contributed by atoms with van der Waals surface area (Å²) < 4.78 is 0. The van der Waals surface area contributed by atoms with Crippen molar-refractivity contribution in [2.24, 2.45) is 5.92 Å². The Kier molecular flexibility index (Phi) is 4.24. The first kappa shape index (κ1) is 13.9. The van der Waals surface area contributed by atoms with Gasteiger partial charge in [-0.15, -0.1) is 0 Å². The normalized spacial score (nSPS) is 20.8. The highest BCUT2D eigenvalue weighted by Gasteiger charge is 2.30. The Hall–Kier alpha value is -1.10. The summed E-state index contributed by atoms with van der Waals surface area (Å²) in [5.41, 5.74) is 1.24. The molecule has 3 rings (SSSR count). The Bertz CT molecular complexity index is 482. The van der Waals surface area contributed by atoms with Crippen LogP contribution < -0.4 is 5.32 Å². The molecule has 2 heterocycles. The molecule has 0 saturated carbocycles. The standard InChI is InChI=1S/C15H20ClN3O/c16-14-3-1-2-12(8-14)11-18-4-6-19(7-5-18)15(20)13-9-17-10-13/h1-3,8,13,17H,4-7,9-11H2. The van der Waals surface area contributed by atoms with Crippen LogP contribution in [-0.2, 0) is 11.3 Å². The minimum Gasteiger partial charge on any atom is -0.340 e. The molecule has 0 aromatic heterocycles. The van der Waals surface area contributed by atoms with E-state index in [0.29, 0.717) is 5.91 Å². The summed E-state index contributed by atoms with van der Waals surface area (Å²) in [6.07, 6.45) is 0. The number of benzene rings is 1. The largest absolute Gasteiger partial charge is 0.340 e. The van der Waals surface area contributed by atoms with Crippen LogP contribution in [0.4, 0.5) is 0 Å². The van der Waals surface area contributed by atoms with Crippen molar-refractivity contribution in [3.8, 4) is 0 Å². The van der Waals surface area contributed by atoms with Gasteiger partial charge in [0.25, 0.3) is 0 Å². The average Bonchev–Trinajstić information content (AvgIpc) is 2.37. The minimum absolute atomic E-state index is 0.217. The van der Waals surface area contributed by atoms with E-state index in [4.69, 9.17) is 11.6 Å². The summed E-state index contributed by atoms with van der Waals surface area (Å²) in [6.45, 7) is 6.18. The molecule has 0 unspecified atom stereocenters. The van der Waals surface area contributed by atoms with Gasteiger partial charge in [0.15, 0.2) is 0 Å². The molecule has 0 aliphatic carbocycles.